The number of rotatable bonds is 4. The highest BCUT2D eigenvalue weighted by Gasteiger charge is 2.58. The van der Waals surface area contributed by atoms with Gasteiger partial charge in [-0.15, -0.1) is 0 Å². The Morgan fingerprint density at radius 1 is 1.03 bits per heavy atom. The molecule has 2 aromatic carbocycles. The minimum Gasteiger partial charge on any atom is -0.371 e. The van der Waals surface area contributed by atoms with Crippen LogP contribution in [-0.2, 0) is 13.6 Å². The molecule has 1 aliphatic heterocycles. The van der Waals surface area contributed by atoms with Crippen molar-refractivity contribution in [3.8, 4) is 0 Å². The van der Waals surface area contributed by atoms with Crippen LogP contribution in [0.5, 0.6) is 0 Å². The molecule has 4 heterocycles. The van der Waals surface area contributed by atoms with Gasteiger partial charge in [-0.2, -0.15) is 4.98 Å². The Morgan fingerprint density at radius 2 is 1.82 bits per heavy atom. The number of piperidine rings is 1. The summed E-state index contributed by atoms with van der Waals surface area (Å²) in [6.07, 6.45) is 3.07. The first-order valence-corrected chi connectivity index (χ1v) is 11.1. The van der Waals surface area contributed by atoms with Gasteiger partial charge in [-0.25, -0.2) is 9.97 Å². The molecule has 0 radical (unpaired) electrons. The zero-order chi connectivity index (χ0) is 22.1. The highest BCUT2D eigenvalue weighted by molar-refractivity contribution is 5.86. The Hall–Kier alpha value is -4.01. The number of nitrogens with zero attached hydrogens (tertiary/aromatic N) is 7. The molecule has 164 valence electrons. The molecule has 1 saturated heterocycles. The van der Waals surface area contributed by atoms with Crippen molar-refractivity contribution in [3.05, 3.63) is 77.2 Å². The van der Waals surface area contributed by atoms with Crippen molar-refractivity contribution < 1.29 is 4.52 Å². The van der Waals surface area contributed by atoms with Gasteiger partial charge in [0.1, 0.15) is 12.9 Å². The van der Waals surface area contributed by atoms with Crippen LogP contribution < -0.4 is 10.5 Å². The van der Waals surface area contributed by atoms with Crippen LogP contribution >= 0.6 is 0 Å². The van der Waals surface area contributed by atoms with Gasteiger partial charge in [-0.05, 0) is 34.7 Å². The molecular formula is C24H21N7O2. The van der Waals surface area contributed by atoms with Crippen molar-refractivity contribution in [1.29, 1.82) is 0 Å². The molecular weight excluding hydrogens is 418 g/mol. The molecule has 0 bridgehead atoms. The molecule has 5 aromatic rings. The lowest BCUT2D eigenvalue weighted by Gasteiger charge is -2.22. The molecule has 9 heteroatoms. The first kappa shape index (κ1) is 18.6. The van der Waals surface area contributed by atoms with Crippen molar-refractivity contribution in [2.24, 2.45) is 18.9 Å². The summed E-state index contributed by atoms with van der Waals surface area (Å²) in [7, 11) is 1.78. The van der Waals surface area contributed by atoms with Gasteiger partial charge in [-0.3, -0.25) is 9.36 Å². The van der Waals surface area contributed by atoms with Gasteiger partial charge in [0.25, 0.3) is 5.56 Å². The third-order valence-electron chi connectivity index (χ3n) is 7.08. The van der Waals surface area contributed by atoms with E-state index in [9.17, 15) is 4.79 Å². The molecule has 9 nitrogen and oxygen atoms in total. The second-order valence-corrected chi connectivity index (χ2v) is 9.04. The van der Waals surface area contributed by atoms with Gasteiger partial charge >= 0.3 is 0 Å². The highest BCUT2D eigenvalue weighted by Crippen LogP contribution is 2.58. The fourth-order valence-corrected chi connectivity index (χ4v) is 5.29. The number of aryl methyl sites for hydroxylation is 1. The first-order chi connectivity index (χ1) is 16.2. The standard InChI is InChI=1S/C24H21N7O2/c1-29-12-25-23-21(29)24(32)31(13-26-23)11-19-27-22(28-33-19)20-17-9-30(10-18(17)20)16-7-6-14-4-2-3-5-15(14)8-16/h2-8,12-13,17-18,20H,9-11H2,1H3/t17-,18+,20-. The molecule has 1 saturated carbocycles. The van der Waals surface area contributed by atoms with E-state index in [-0.39, 0.29) is 12.1 Å². The summed E-state index contributed by atoms with van der Waals surface area (Å²) in [6.45, 7) is 2.20. The SMILES string of the molecule is Cn1cnc2ncn(Cc3nc([C@@H]4[C@@H]5CN(c6ccc7ccccc7c6)C[C@@H]54)no3)c(=O)c21. The van der Waals surface area contributed by atoms with Crippen molar-refractivity contribution in [2.75, 3.05) is 18.0 Å². The summed E-state index contributed by atoms with van der Waals surface area (Å²) in [5, 5.41) is 6.77. The monoisotopic (exact) mass is 439 g/mol. The lowest BCUT2D eigenvalue weighted by atomic mass is 10.1. The first-order valence-electron chi connectivity index (χ1n) is 11.1. The van der Waals surface area contributed by atoms with Crippen LogP contribution in [0.4, 0.5) is 5.69 Å². The van der Waals surface area contributed by atoms with Crippen LogP contribution in [0.25, 0.3) is 21.9 Å². The Labute approximate surface area is 188 Å². The average Bonchev–Trinajstić information content (AvgIpc) is 3.24. The van der Waals surface area contributed by atoms with E-state index in [4.69, 9.17) is 4.52 Å². The maximum Gasteiger partial charge on any atom is 0.280 e. The van der Waals surface area contributed by atoms with Crippen LogP contribution in [0.2, 0.25) is 0 Å². The lowest BCUT2D eigenvalue weighted by molar-refractivity contribution is 0.363. The zero-order valence-electron chi connectivity index (χ0n) is 18.0. The van der Waals surface area contributed by atoms with E-state index in [1.807, 2.05) is 0 Å². The van der Waals surface area contributed by atoms with Crippen molar-refractivity contribution >= 4 is 27.6 Å². The van der Waals surface area contributed by atoms with E-state index in [1.54, 1.807) is 17.9 Å². The summed E-state index contributed by atoms with van der Waals surface area (Å²) in [5.41, 5.74) is 1.99. The van der Waals surface area contributed by atoms with E-state index in [0.29, 0.717) is 34.8 Å². The molecule has 2 fully saturated rings. The van der Waals surface area contributed by atoms with Crippen molar-refractivity contribution in [3.63, 3.8) is 0 Å². The predicted octanol–water partition coefficient (Wildman–Crippen LogP) is 2.56. The number of hydrogen-bond acceptors (Lipinski definition) is 7. The van der Waals surface area contributed by atoms with Gasteiger partial charge in [0, 0.05) is 31.7 Å². The third-order valence-corrected chi connectivity index (χ3v) is 7.08. The number of benzene rings is 2. The van der Waals surface area contributed by atoms with Crippen LogP contribution in [-0.4, -0.2) is 42.3 Å². The van der Waals surface area contributed by atoms with Gasteiger partial charge in [-0.1, -0.05) is 35.5 Å². The summed E-state index contributed by atoms with van der Waals surface area (Å²) < 4.78 is 8.65. The second kappa shape index (κ2) is 6.74. The average molecular weight is 439 g/mol. The largest absolute Gasteiger partial charge is 0.371 e. The summed E-state index contributed by atoms with van der Waals surface area (Å²) in [6, 6.07) is 15.1. The molecule has 3 atom stereocenters. The fraction of sp³-hybridized carbons (Fsp3) is 0.292. The summed E-state index contributed by atoms with van der Waals surface area (Å²) >= 11 is 0. The topological polar surface area (TPSA) is 94.9 Å². The van der Waals surface area contributed by atoms with Crippen molar-refractivity contribution in [2.45, 2.75) is 12.5 Å². The van der Waals surface area contributed by atoms with Gasteiger partial charge in [0.15, 0.2) is 17.0 Å². The number of anilines is 1. The van der Waals surface area contributed by atoms with E-state index in [1.165, 1.54) is 27.4 Å². The molecule has 0 amide bonds. The second-order valence-electron chi connectivity index (χ2n) is 9.04. The Kier molecular flexibility index (Phi) is 3.79. The van der Waals surface area contributed by atoms with Gasteiger partial charge < -0.3 is 14.0 Å². The Morgan fingerprint density at radius 3 is 2.67 bits per heavy atom. The van der Waals surface area contributed by atoms with E-state index in [0.717, 1.165) is 18.9 Å². The number of fused-ring (bicyclic) bond motifs is 3. The molecule has 1 aliphatic carbocycles. The van der Waals surface area contributed by atoms with E-state index < -0.39 is 0 Å². The lowest BCUT2D eigenvalue weighted by Crippen LogP contribution is -2.23. The Balaban J connectivity index is 1.06. The van der Waals surface area contributed by atoms with Gasteiger partial charge in [0.2, 0.25) is 5.89 Å². The predicted molar refractivity (Wildman–Crippen MR) is 122 cm³/mol. The maximum absolute atomic E-state index is 12.7. The number of imidazole rings is 1. The smallest absolute Gasteiger partial charge is 0.280 e. The van der Waals surface area contributed by atoms with Crippen molar-refractivity contribution in [1.82, 2.24) is 29.2 Å². The third kappa shape index (κ3) is 2.88. The summed E-state index contributed by atoms with van der Waals surface area (Å²) in [5.74, 6) is 2.58. The van der Waals surface area contributed by atoms with Crippen LogP contribution in [0, 0.1) is 11.8 Å². The highest BCUT2D eigenvalue weighted by atomic mass is 16.5. The van der Waals surface area contributed by atoms with E-state index >= 15 is 0 Å². The maximum atomic E-state index is 12.7. The van der Waals surface area contributed by atoms with E-state index in [2.05, 4.69) is 67.5 Å². The molecule has 0 spiro atoms. The normalized spacial score (nSPS) is 21.7. The fourth-order valence-electron chi connectivity index (χ4n) is 5.29. The van der Waals surface area contributed by atoms with Crippen LogP contribution in [0.15, 0.2) is 64.4 Å². The molecule has 0 N–H and O–H groups in total. The quantitative estimate of drug-likeness (QED) is 0.425. The number of aromatic nitrogens is 6. The minimum atomic E-state index is -0.172. The van der Waals surface area contributed by atoms with Crippen LogP contribution in [0.3, 0.4) is 0 Å². The Bertz CT molecular complexity index is 1570. The molecule has 3 aromatic heterocycles. The molecule has 2 aliphatic rings. The zero-order valence-corrected chi connectivity index (χ0v) is 18.0. The molecule has 33 heavy (non-hydrogen) atoms. The summed E-state index contributed by atoms with van der Waals surface area (Å²) in [4.78, 5) is 28.2. The van der Waals surface area contributed by atoms with Gasteiger partial charge in [0.05, 0.1) is 6.33 Å². The minimum absolute atomic E-state index is 0.172. The number of hydrogen-bond donors (Lipinski definition) is 0. The molecule has 0 unspecified atom stereocenters. The molecule has 7 rings (SSSR count). The van der Waals surface area contributed by atoms with Crippen LogP contribution in [0.1, 0.15) is 17.6 Å².